The van der Waals surface area contributed by atoms with E-state index in [-0.39, 0.29) is 17.5 Å². The number of aromatic nitrogens is 3. The first kappa shape index (κ1) is 13.7. The van der Waals surface area contributed by atoms with Crippen molar-refractivity contribution >= 4 is 11.4 Å². The van der Waals surface area contributed by atoms with Crippen LogP contribution >= 0.6 is 0 Å². The van der Waals surface area contributed by atoms with Crippen LogP contribution in [0.5, 0.6) is 0 Å². The van der Waals surface area contributed by atoms with Crippen LogP contribution in [0.3, 0.4) is 0 Å². The second-order valence-electron chi connectivity index (χ2n) is 6.89. The lowest BCUT2D eigenvalue weighted by molar-refractivity contribution is -0.0377. The number of piperidine rings is 3. The predicted molar refractivity (Wildman–Crippen MR) is 82.6 cm³/mol. The van der Waals surface area contributed by atoms with Crippen LogP contribution in [-0.2, 0) is 0 Å². The summed E-state index contributed by atoms with van der Waals surface area (Å²) in [5, 5.41) is 11.5. The Labute approximate surface area is 129 Å². The van der Waals surface area contributed by atoms with Gasteiger partial charge in [0.15, 0.2) is 0 Å². The minimum atomic E-state index is -0.0465. The van der Waals surface area contributed by atoms with E-state index in [1.54, 1.807) is 12.4 Å². The summed E-state index contributed by atoms with van der Waals surface area (Å²) >= 11 is 0. The van der Waals surface area contributed by atoms with Gasteiger partial charge < -0.3 is 5.32 Å². The Balaban J connectivity index is 1.62. The molecule has 0 saturated carbocycles. The van der Waals surface area contributed by atoms with Crippen LogP contribution in [0, 0.1) is 5.92 Å². The molecule has 3 aliphatic heterocycles. The van der Waals surface area contributed by atoms with E-state index < -0.39 is 0 Å². The average molecular weight is 299 g/mol. The summed E-state index contributed by atoms with van der Waals surface area (Å²) in [6.07, 6.45) is 5.61. The molecule has 22 heavy (non-hydrogen) atoms. The van der Waals surface area contributed by atoms with Crippen LogP contribution in [0.2, 0.25) is 0 Å². The number of hydrogen-bond acceptors (Lipinski definition) is 4. The van der Waals surface area contributed by atoms with Crippen molar-refractivity contribution in [2.75, 3.05) is 13.1 Å². The number of amides is 1. The fraction of sp³-hybridized carbons (Fsp3) is 0.562. The number of nitrogens with one attached hydrogen (secondary N) is 1. The molecule has 0 aliphatic carbocycles. The maximum Gasteiger partial charge on any atom is 0.255 e. The molecule has 1 atom stereocenters. The zero-order valence-electron chi connectivity index (χ0n) is 13.0. The minimum absolute atomic E-state index is 0.0119. The van der Waals surface area contributed by atoms with Gasteiger partial charge in [-0.1, -0.05) is 0 Å². The van der Waals surface area contributed by atoms with E-state index in [1.165, 1.54) is 17.5 Å². The molecule has 3 saturated heterocycles. The van der Waals surface area contributed by atoms with Gasteiger partial charge in [0.2, 0.25) is 0 Å². The molecule has 1 amide bonds. The van der Waals surface area contributed by atoms with Gasteiger partial charge in [-0.05, 0) is 57.8 Å². The zero-order chi connectivity index (χ0) is 15.3. The van der Waals surface area contributed by atoms with Gasteiger partial charge in [-0.3, -0.25) is 9.69 Å². The number of fused-ring (bicyclic) bond motifs is 4. The molecule has 6 nitrogen and oxygen atoms in total. The molecular weight excluding hydrogens is 278 g/mol. The van der Waals surface area contributed by atoms with Crippen molar-refractivity contribution in [3.63, 3.8) is 0 Å². The van der Waals surface area contributed by atoms with Crippen molar-refractivity contribution in [1.82, 2.24) is 25.0 Å². The molecule has 2 bridgehead atoms. The summed E-state index contributed by atoms with van der Waals surface area (Å²) in [6.45, 7) is 6.76. The molecule has 5 rings (SSSR count). The molecule has 3 aliphatic rings. The van der Waals surface area contributed by atoms with Gasteiger partial charge in [-0.2, -0.15) is 14.8 Å². The summed E-state index contributed by atoms with van der Waals surface area (Å²) in [5.41, 5.74) is 1.36. The Bertz CT molecular complexity index is 714. The van der Waals surface area contributed by atoms with E-state index in [0.29, 0.717) is 11.5 Å². The highest BCUT2D eigenvalue weighted by Crippen LogP contribution is 2.39. The standard InChI is InChI=1S/C16H21N5O/c1-16(2)14(11-5-8-20(16)9-6-11)19-15(22)12-10-18-21-13(12)4-3-7-17-21/h3-4,7,10-11,14H,5-6,8-9H2,1-2H3,(H,19,22)/t14-/m1/s1. The Hall–Kier alpha value is -1.95. The van der Waals surface area contributed by atoms with Crippen LogP contribution in [0.1, 0.15) is 37.0 Å². The maximum atomic E-state index is 12.7. The number of carbonyl (C=O) groups is 1. The number of hydrogen-bond donors (Lipinski definition) is 1. The molecule has 2 aromatic rings. The molecule has 0 radical (unpaired) electrons. The summed E-state index contributed by atoms with van der Waals surface area (Å²) in [7, 11) is 0. The highest BCUT2D eigenvalue weighted by molar-refractivity contribution is 6.00. The second-order valence-corrected chi connectivity index (χ2v) is 6.89. The zero-order valence-corrected chi connectivity index (χ0v) is 13.0. The molecule has 2 aromatic heterocycles. The molecule has 5 heterocycles. The van der Waals surface area contributed by atoms with Gasteiger partial charge in [0.1, 0.15) is 5.52 Å². The molecular formula is C16H21N5O. The summed E-state index contributed by atoms with van der Waals surface area (Å²) < 4.78 is 1.50. The largest absolute Gasteiger partial charge is 0.347 e. The highest BCUT2D eigenvalue weighted by atomic mass is 16.1. The SMILES string of the molecule is CC1(C)[C@H](NC(=O)c2cnn3ncccc23)C2CCN1CC2. The van der Waals surface area contributed by atoms with E-state index in [4.69, 9.17) is 0 Å². The van der Waals surface area contributed by atoms with Crippen LogP contribution in [-0.4, -0.2) is 50.3 Å². The maximum absolute atomic E-state index is 12.7. The van der Waals surface area contributed by atoms with E-state index in [2.05, 4.69) is 34.3 Å². The highest BCUT2D eigenvalue weighted by Gasteiger charge is 2.48. The fourth-order valence-corrected chi connectivity index (χ4v) is 4.10. The first-order chi connectivity index (χ1) is 10.6. The molecule has 0 aromatic carbocycles. The topological polar surface area (TPSA) is 62.5 Å². The van der Waals surface area contributed by atoms with Crippen molar-refractivity contribution in [2.45, 2.75) is 38.3 Å². The summed E-state index contributed by atoms with van der Waals surface area (Å²) in [6, 6.07) is 3.89. The van der Waals surface area contributed by atoms with E-state index >= 15 is 0 Å². The smallest absolute Gasteiger partial charge is 0.255 e. The average Bonchev–Trinajstić information content (AvgIpc) is 2.95. The molecule has 0 spiro atoms. The van der Waals surface area contributed by atoms with Crippen molar-refractivity contribution in [1.29, 1.82) is 0 Å². The van der Waals surface area contributed by atoms with E-state index in [1.807, 2.05) is 12.1 Å². The fourth-order valence-electron chi connectivity index (χ4n) is 4.10. The Morgan fingerprint density at radius 1 is 1.32 bits per heavy atom. The Morgan fingerprint density at radius 3 is 2.82 bits per heavy atom. The lowest BCUT2D eigenvalue weighted by atomic mass is 9.72. The lowest BCUT2D eigenvalue weighted by Gasteiger charge is -2.56. The second kappa shape index (κ2) is 4.78. The van der Waals surface area contributed by atoms with Gasteiger partial charge in [-0.15, -0.1) is 0 Å². The van der Waals surface area contributed by atoms with E-state index in [0.717, 1.165) is 18.6 Å². The van der Waals surface area contributed by atoms with Crippen molar-refractivity contribution in [3.05, 3.63) is 30.1 Å². The van der Waals surface area contributed by atoms with Crippen molar-refractivity contribution in [3.8, 4) is 0 Å². The van der Waals surface area contributed by atoms with Crippen molar-refractivity contribution < 1.29 is 4.79 Å². The predicted octanol–water partition coefficient (Wildman–Crippen LogP) is 1.33. The number of rotatable bonds is 2. The normalized spacial score (nSPS) is 29.6. The minimum Gasteiger partial charge on any atom is -0.347 e. The monoisotopic (exact) mass is 299 g/mol. The third-order valence-corrected chi connectivity index (χ3v) is 5.42. The van der Waals surface area contributed by atoms with Gasteiger partial charge >= 0.3 is 0 Å². The Morgan fingerprint density at radius 2 is 2.09 bits per heavy atom. The molecule has 116 valence electrons. The third-order valence-electron chi connectivity index (χ3n) is 5.42. The molecule has 3 fully saturated rings. The van der Waals surface area contributed by atoms with Crippen LogP contribution in [0.4, 0.5) is 0 Å². The van der Waals surface area contributed by atoms with E-state index in [9.17, 15) is 4.79 Å². The van der Waals surface area contributed by atoms with Crippen LogP contribution in [0.25, 0.3) is 5.52 Å². The Kier molecular flexibility index (Phi) is 2.97. The molecule has 1 N–H and O–H groups in total. The van der Waals surface area contributed by atoms with Crippen molar-refractivity contribution in [2.24, 2.45) is 5.92 Å². The van der Waals surface area contributed by atoms with Gasteiger partial charge in [0.05, 0.1) is 11.8 Å². The number of carbonyl (C=O) groups excluding carboxylic acids is 1. The van der Waals surface area contributed by atoms with Crippen LogP contribution < -0.4 is 5.32 Å². The first-order valence-corrected chi connectivity index (χ1v) is 7.92. The summed E-state index contributed by atoms with van der Waals surface area (Å²) in [4.78, 5) is 15.2. The lowest BCUT2D eigenvalue weighted by Crippen LogP contribution is -2.69. The van der Waals surface area contributed by atoms with Gasteiger partial charge in [0.25, 0.3) is 5.91 Å². The van der Waals surface area contributed by atoms with Gasteiger partial charge in [-0.25, -0.2) is 0 Å². The molecule has 6 heteroatoms. The first-order valence-electron chi connectivity index (χ1n) is 7.92. The number of nitrogens with zero attached hydrogens (tertiary/aromatic N) is 4. The molecule has 0 unspecified atom stereocenters. The van der Waals surface area contributed by atoms with Gasteiger partial charge in [0, 0.05) is 17.8 Å². The summed E-state index contributed by atoms with van der Waals surface area (Å²) in [5.74, 6) is 0.527. The van der Waals surface area contributed by atoms with Crippen LogP contribution in [0.15, 0.2) is 24.5 Å². The third kappa shape index (κ3) is 1.94. The quantitative estimate of drug-likeness (QED) is 0.909.